The molecule has 1 aromatic heterocycles. The van der Waals surface area contributed by atoms with Gasteiger partial charge in [0.15, 0.2) is 27.3 Å². The molecule has 1 unspecified atom stereocenters. The summed E-state index contributed by atoms with van der Waals surface area (Å²) in [6, 6.07) is 5.54. The second kappa shape index (κ2) is 5.41. The number of Topliss-reactive ketones (excluding diaryl/α,β-unsaturated/α-hetero) is 1. The summed E-state index contributed by atoms with van der Waals surface area (Å²) >= 11 is 1.00. The van der Waals surface area contributed by atoms with Crippen LogP contribution in [0.1, 0.15) is 17.3 Å². The Kier molecular flexibility index (Phi) is 4.01. The van der Waals surface area contributed by atoms with Crippen LogP contribution in [0.3, 0.4) is 0 Å². The lowest BCUT2D eigenvalue weighted by atomic mass is 10.1. The van der Waals surface area contributed by atoms with Crippen LogP contribution in [0.4, 0.5) is 8.78 Å². The lowest BCUT2D eigenvalue weighted by Crippen LogP contribution is -2.27. The van der Waals surface area contributed by atoms with E-state index in [1.807, 2.05) is 0 Å². The highest BCUT2D eigenvalue weighted by Crippen LogP contribution is 2.23. The highest BCUT2D eigenvalue weighted by atomic mass is 32.2. The van der Waals surface area contributed by atoms with E-state index in [-0.39, 0.29) is 9.77 Å². The molecule has 0 aliphatic carbocycles. The van der Waals surface area contributed by atoms with Gasteiger partial charge >= 0.3 is 0 Å². The third kappa shape index (κ3) is 2.64. The summed E-state index contributed by atoms with van der Waals surface area (Å²) in [5.74, 6) is -3.04. The predicted molar refractivity (Wildman–Crippen MR) is 71.7 cm³/mol. The highest BCUT2D eigenvalue weighted by Gasteiger charge is 2.31. The van der Waals surface area contributed by atoms with Crippen molar-refractivity contribution in [2.75, 3.05) is 0 Å². The highest BCUT2D eigenvalue weighted by molar-refractivity contribution is 7.94. The van der Waals surface area contributed by atoms with Gasteiger partial charge in [0.1, 0.15) is 9.46 Å². The van der Waals surface area contributed by atoms with Crippen molar-refractivity contribution in [3.8, 4) is 0 Å². The number of hydrogen-bond donors (Lipinski definition) is 0. The topological polar surface area (TPSA) is 51.2 Å². The maximum atomic E-state index is 13.1. The zero-order valence-electron chi connectivity index (χ0n) is 10.3. The minimum Gasteiger partial charge on any atom is -0.293 e. The first-order chi connectivity index (χ1) is 9.34. The Morgan fingerprint density at radius 2 is 1.90 bits per heavy atom. The van der Waals surface area contributed by atoms with Crippen molar-refractivity contribution in [1.29, 1.82) is 0 Å². The van der Waals surface area contributed by atoms with E-state index >= 15 is 0 Å². The normalized spacial score (nSPS) is 13.2. The van der Waals surface area contributed by atoms with Gasteiger partial charge in [-0.15, -0.1) is 11.3 Å². The molecule has 0 saturated heterocycles. The molecular weight excluding hydrogens is 306 g/mol. The van der Waals surface area contributed by atoms with E-state index < -0.39 is 32.5 Å². The maximum Gasteiger partial charge on any atom is 0.197 e. The van der Waals surface area contributed by atoms with Gasteiger partial charge in [-0.1, -0.05) is 6.07 Å². The first kappa shape index (κ1) is 14.8. The summed E-state index contributed by atoms with van der Waals surface area (Å²) in [6.45, 7) is 1.23. The van der Waals surface area contributed by atoms with Crippen molar-refractivity contribution in [1.82, 2.24) is 0 Å². The molecule has 0 spiro atoms. The fraction of sp³-hybridized carbons (Fsp3) is 0.154. The van der Waals surface area contributed by atoms with E-state index in [0.717, 1.165) is 23.5 Å². The Labute approximate surface area is 118 Å². The van der Waals surface area contributed by atoms with E-state index in [1.165, 1.54) is 13.0 Å². The van der Waals surface area contributed by atoms with Gasteiger partial charge < -0.3 is 0 Å². The largest absolute Gasteiger partial charge is 0.293 e. The van der Waals surface area contributed by atoms with Crippen LogP contribution in [0.5, 0.6) is 0 Å². The van der Waals surface area contributed by atoms with Crippen LogP contribution in [0.25, 0.3) is 0 Å². The summed E-state index contributed by atoms with van der Waals surface area (Å²) in [5, 5.41) is 0.229. The zero-order chi connectivity index (χ0) is 14.9. The Morgan fingerprint density at radius 3 is 2.45 bits per heavy atom. The first-order valence-electron chi connectivity index (χ1n) is 5.60. The second-order valence-electron chi connectivity index (χ2n) is 4.11. The number of thiophene rings is 1. The van der Waals surface area contributed by atoms with Crippen LogP contribution < -0.4 is 0 Å². The molecule has 1 heterocycles. The quantitative estimate of drug-likeness (QED) is 0.815. The van der Waals surface area contributed by atoms with E-state index in [9.17, 15) is 22.0 Å². The van der Waals surface area contributed by atoms with Gasteiger partial charge in [0, 0.05) is 5.56 Å². The zero-order valence-corrected chi connectivity index (χ0v) is 12.0. The van der Waals surface area contributed by atoms with E-state index in [2.05, 4.69) is 0 Å². The summed E-state index contributed by atoms with van der Waals surface area (Å²) in [4.78, 5) is 12.1. The number of benzene rings is 1. The second-order valence-corrected chi connectivity index (χ2v) is 7.56. The van der Waals surface area contributed by atoms with Crippen molar-refractivity contribution in [3.05, 3.63) is 52.9 Å². The van der Waals surface area contributed by atoms with Crippen molar-refractivity contribution in [2.45, 2.75) is 16.4 Å². The number of sulfone groups is 1. The van der Waals surface area contributed by atoms with E-state index in [0.29, 0.717) is 6.07 Å². The van der Waals surface area contributed by atoms with Gasteiger partial charge in [0.05, 0.1) is 0 Å². The molecular formula is C13H10F2O3S2. The van der Waals surface area contributed by atoms with Crippen molar-refractivity contribution >= 4 is 27.0 Å². The monoisotopic (exact) mass is 316 g/mol. The summed E-state index contributed by atoms with van der Waals surface area (Å²) in [5.41, 5.74) is -0.170. The van der Waals surface area contributed by atoms with Crippen LogP contribution in [0, 0.1) is 11.6 Å². The number of rotatable bonds is 4. The molecule has 106 valence electrons. The van der Waals surface area contributed by atoms with E-state index in [4.69, 9.17) is 0 Å². The first-order valence-corrected chi connectivity index (χ1v) is 8.03. The molecule has 0 bridgehead atoms. The minimum absolute atomic E-state index is 0.0703. The van der Waals surface area contributed by atoms with Gasteiger partial charge in [-0.25, -0.2) is 17.2 Å². The number of ketones is 1. The van der Waals surface area contributed by atoms with Crippen LogP contribution in [0.2, 0.25) is 0 Å². The Balaban J connectivity index is 2.36. The number of halogens is 2. The van der Waals surface area contributed by atoms with Gasteiger partial charge in [-0.05, 0) is 36.6 Å². The molecule has 0 aliphatic rings. The van der Waals surface area contributed by atoms with Gasteiger partial charge in [-0.3, -0.25) is 4.79 Å². The maximum absolute atomic E-state index is 13.1. The molecule has 2 aromatic rings. The molecule has 0 radical (unpaired) electrons. The fourth-order valence-corrected chi connectivity index (χ4v) is 4.24. The number of hydrogen-bond acceptors (Lipinski definition) is 4. The summed E-state index contributed by atoms with van der Waals surface area (Å²) in [6.07, 6.45) is 0. The van der Waals surface area contributed by atoms with Crippen LogP contribution >= 0.6 is 11.3 Å². The fourth-order valence-electron chi connectivity index (χ4n) is 1.62. The molecule has 1 atom stereocenters. The third-order valence-electron chi connectivity index (χ3n) is 2.81. The Bertz CT molecular complexity index is 737. The molecule has 0 aliphatic heterocycles. The average molecular weight is 316 g/mol. The molecule has 1 aromatic carbocycles. The van der Waals surface area contributed by atoms with Crippen LogP contribution in [0.15, 0.2) is 39.9 Å². The average Bonchev–Trinajstić information content (AvgIpc) is 2.95. The Morgan fingerprint density at radius 1 is 1.20 bits per heavy atom. The van der Waals surface area contributed by atoms with E-state index in [1.54, 1.807) is 11.4 Å². The molecule has 0 N–H and O–H groups in total. The molecule has 3 nitrogen and oxygen atoms in total. The molecule has 2 rings (SSSR count). The lowest BCUT2D eigenvalue weighted by Gasteiger charge is -2.10. The minimum atomic E-state index is -3.81. The number of carbonyl (C=O) groups excluding carboxylic acids is 1. The molecule has 0 saturated carbocycles. The third-order valence-corrected chi connectivity index (χ3v) is 6.30. The lowest BCUT2D eigenvalue weighted by molar-refractivity contribution is 0.0991. The molecule has 0 amide bonds. The smallest absolute Gasteiger partial charge is 0.197 e. The van der Waals surface area contributed by atoms with Crippen LogP contribution in [-0.4, -0.2) is 19.5 Å². The SMILES string of the molecule is CC(C(=O)c1ccc(F)c(F)c1)S(=O)(=O)c1cccs1. The standard InChI is InChI=1S/C13H10F2O3S2/c1-8(20(17,18)12-3-2-6-19-12)13(16)9-4-5-10(14)11(15)7-9/h2-8H,1H3. The summed E-state index contributed by atoms with van der Waals surface area (Å²) < 4.78 is 50.3. The van der Waals surface area contributed by atoms with Crippen molar-refractivity contribution in [3.63, 3.8) is 0 Å². The predicted octanol–water partition coefficient (Wildman–Crippen LogP) is 3.07. The van der Waals surface area contributed by atoms with Crippen LogP contribution in [-0.2, 0) is 9.84 Å². The summed E-state index contributed by atoms with van der Waals surface area (Å²) in [7, 11) is -3.81. The van der Waals surface area contributed by atoms with Gasteiger partial charge in [0.2, 0.25) is 0 Å². The number of carbonyl (C=O) groups is 1. The molecule has 7 heteroatoms. The molecule has 0 fully saturated rings. The Hall–Kier alpha value is -1.60. The van der Waals surface area contributed by atoms with Gasteiger partial charge in [0.25, 0.3) is 0 Å². The molecule has 20 heavy (non-hydrogen) atoms. The van der Waals surface area contributed by atoms with Crippen molar-refractivity contribution in [2.24, 2.45) is 0 Å². The van der Waals surface area contributed by atoms with Gasteiger partial charge in [-0.2, -0.15) is 0 Å². The van der Waals surface area contributed by atoms with Crippen molar-refractivity contribution < 1.29 is 22.0 Å².